The topological polar surface area (TPSA) is 45.0 Å². The van der Waals surface area contributed by atoms with E-state index in [1.807, 2.05) is 30.3 Å². The second-order valence-electron chi connectivity index (χ2n) is 3.06. The Morgan fingerprint density at radius 3 is 3.07 bits per heavy atom. The van der Waals surface area contributed by atoms with Crippen molar-refractivity contribution in [2.24, 2.45) is 10.1 Å². The van der Waals surface area contributed by atoms with Gasteiger partial charge in [0.2, 0.25) is 0 Å². The number of oxime groups is 1. The summed E-state index contributed by atoms with van der Waals surface area (Å²) in [7, 11) is 0. The molecule has 0 unspecified atom stereocenters. The van der Waals surface area contributed by atoms with Crippen LogP contribution in [0.4, 0.5) is 0 Å². The third kappa shape index (κ3) is 1.71. The van der Waals surface area contributed by atoms with Crippen molar-refractivity contribution in [1.82, 2.24) is 0 Å². The fourth-order valence-electron chi connectivity index (χ4n) is 1.46. The molecular weight excluding hydrogens is 176 g/mol. The van der Waals surface area contributed by atoms with Crippen molar-refractivity contribution >= 4 is 18.0 Å². The molecule has 1 heterocycles. The average Bonchev–Trinajstić information content (AvgIpc) is 2.40. The summed E-state index contributed by atoms with van der Waals surface area (Å²) >= 11 is 0. The van der Waals surface area contributed by atoms with Gasteiger partial charge < -0.3 is 5.21 Å². The quantitative estimate of drug-likeness (QED) is 0.407. The minimum atomic E-state index is 0.702. The van der Waals surface area contributed by atoms with Gasteiger partial charge in [-0.2, -0.15) is 0 Å². The largest absolute Gasteiger partial charge is 0.411 e. The summed E-state index contributed by atoms with van der Waals surface area (Å²) < 4.78 is 0. The van der Waals surface area contributed by atoms with Crippen LogP contribution in [0.1, 0.15) is 11.1 Å². The SMILES string of the molecule is ON=CC1=NC=Cc2ccccc2C1. The van der Waals surface area contributed by atoms with E-state index >= 15 is 0 Å². The van der Waals surface area contributed by atoms with Gasteiger partial charge in [-0.1, -0.05) is 29.4 Å². The fraction of sp³-hybridized carbons (Fsp3) is 0.0909. The molecule has 1 aromatic rings. The van der Waals surface area contributed by atoms with E-state index in [1.165, 1.54) is 11.8 Å². The molecule has 0 saturated heterocycles. The number of nitrogens with zero attached hydrogens (tertiary/aromatic N) is 2. The van der Waals surface area contributed by atoms with Crippen LogP contribution in [0, 0.1) is 0 Å². The lowest BCUT2D eigenvalue weighted by atomic mass is 10.0. The van der Waals surface area contributed by atoms with Crippen molar-refractivity contribution in [2.75, 3.05) is 0 Å². The molecule has 0 aromatic heterocycles. The molecule has 3 nitrogen and oxygen atoms in total. The van der Waals surface area contributed by atoms with Gasteiger partial charge in [-0.15, -0.1) is 0 Å². The van der Waals surface area contributed by atoms with E-state index < -0.39 is 0 Å². The molecule has 0 spiro atoms. The highest BCUT2D eigenvalue weighted by Crippen LogP contribution is 2.14. The summed E-state index contributed by atoms with van der Waals surface area (Å²) in [5.41, 5.74) is 3.12. The molecule has 1 aromatic carbocycles. The molecule has 70 valence electrons. The maximum absolute atomic E-state index is 8.42. The molecule has 1 N–H and O–H groups in total. The lowest BCUT2D eigenvalue weighted by Crippen LogP contribution is -2.04. The van der Waals surface area contributed by atoms with Gasteiger partial charge in [0.1, 0.15) is 0 Å². The number of benzene rings is 1. The van der Waals surface area contributed by atoms with Gasteiger partial charge in [-0.3, -0.25) is 4.99 Å². The van der Waals surface area contributed by atoms with Gasteiger partial charge in [0, 0.05) is 12.6 Å². The van der Waals surface area contributed by atoms with Crippen LogP contribution in [0.5, 0.6) is 0 Å². The van der Waals surface area contributed by atoms with Crippen molar-refractivity contribution < 1.29 is 5.21 Å². The normalized spacial score (nSPS) is 15.0. The van der Waals surface area contributed by atoms with Crippen LogP contribution in [0.2, 0.25) is 0 Å². The van der Waals surface area contributed by atoms with Gasteiger partial charge in [-0.05, 0) is 17.2 Å². The zero-order chi connectivity index (χ0) is 9.80. The van der Waals surface area contributed by atoms with Crippen LogP contribution in [0.15, 0.2) is 40.6 Å². The number of rotatable bonds is 1. The second-order valence-corrected chi connectivity index (χ2v) is 3.06. The molecule has 1 aliphatic rings. The van der Waals surface area contributed by atoms with Crippen LogP contribution in [-0.4, -0.2) is 17.1 Å². The maximum Gasteiger partial charge on any atom is 0.0879 e. The molecule has 0 atom stereocenters. The van der Waals surface area contributed by atoms with E-state index in [-0.39, 0.29) is 0 Å². The predicted octanol–water partition coefficient (Wildman–Crippen LogP) is 2.11. The Labute approximate surface area is 82.1 Å². The van der Waals surface area contributed by atoms with Crippen molar-refractivity contribution in [2.45, 2.75) is 6.42 Å². The Bertz CT molecular complexity index is 419. The molecule has 3 heteroatoms. The van der Waals surface area contributed by atoms with E-state index in [2.05, 4.69) is 10.1 Å². The number of hydrogen-bond acceptors (Lipinski definition) is 3. The molecule has 14 heavy (non-hydrogen) atoms. The number of aliphatic imine (C=N–C) groups is 1. The Kier molecular flexibility index (Phi) is 2.40. The molecule has 0 saturated carbocycles. The van der Waals surface area contributed by atoms with Crippen molar-refractivity contribution in [3.05, 3.63) is 41.6 Å². The summed E-state index contributed by atoms with van der Waals surface area (Å²) in [6, 6.07) is 8.08. The monoisotopic (exact) mass is 186 g/mol. The first-order valence-corrected chi connectivity index (χ1v) is 4.39. The average molecular weight is 186 g/mol. The third-order valence-electron chi connectivity index (χ3n) is 2.13. The summed E-state index contributed by atoms with van der Waals surface area (Å²) in [4.78, 5) is 4.15. The van der Waals surface area contributed by atoms with E-state index in [1.54, 1.807) is 6.20 Å². The van der Waals surface area contributed by atoms with Crippen LogP contribution in [0.3, 0.4) is 0 Å². The number of fused-ring (bicyclic) bond motifs is 1. The molecular formula is C11H10N2O. The molecule has 1 aliphatic heterocycles. The van der Waals surface area contributed by atoms with Crippen molar-refractivity contribution in [1.29, 1.82) is 0 Å². The lowest BCUT2D eigenvalue weighted by molar-refractivity contribution is 0.322. The number of hydrogen-bond donors (Lipinski definition) is 1. The molecule has 0 fully saturated rings. The van der Waals surface area contributed by atoms with E-state index in [9.17, 15) is 0 Å². The van der Waals surface area contributed by atoms with Crippen LogP contribution in [0.25, 0.3) is 6.08 Å². The van der Waals surface area contributed by atoms with E-state index in [0.29, 0.717) is 6.42 Å². The summed E-state index contributed by atoms with van der Waals surface area (Å²) in [5, 5.41) is 11.4. The van der Waals surface area contributed by atoms with Gasteiger partial charge in [0.05, 0.1) is 11.9 Å². The molecule has 0 radical (unpaired) electrons. The first-order valence-electron chi connectivity index (χ1n) is 4.39. The Balaban J connectivity index is 2.37. The predicted molar refractivity (Wildman–Crippen MR) is 56.9 cm³/mol. The molecule has 0 aliphatic carbocycles. The zero-order valence-corrected chi connectivity index (χ0v) is 7.59. The first-order chi connectivity index (χ1) is 6.90. The van der Waals surface area contributed by atoms with Crippen molar-refractivity contribution in [3.8, 4) is 0 Å². The second kappa shape index (κ2) is 3.87. The Morgan fingerprint density at radius 2 is 2.21 bits per heavy atom. The Hall–Kier alpha value is -1.90. The van der Waals surface area contributed by atoms with Gasteiger partial charge in [0.15, 0.2) is 0 Å². The summed E-state index contributed by atoms with van der Waals surface area (Å²) in [6.07, 6.45) is 5.75. The van der Waals surface area contributed by atoms with E-state index in [4.69, 9.17) is 5.21 Å². The zero-order valence-electron chi connectivity index (χ0n) is 7.59. The smallest absolute Gasteiger partial charge is 0.0879 e. The van der Waals surface area contributed by atoms with Crippen LogP contribution < -0.4 is 0 Å². The Morgan fingerprint density at radius 1 is 1.36 bits per heavy atom. The first kappa shape index (κ1) is 8.69. The molecule has 2 rings (SSSR count). The highest BCUT2D eigenvalue weighted by molar-refractivity contribution is 6.31. The molecule has 0 amide bonds. The lowest BCUT2D eigenvalue weighted by Gasteiger charge is -2.01. The van der Waals surface area contributed by atoms with Crippen molar-refractivity contribution in [3.63, 3.8) is 0 Å². The summed E-state index contributed by atoms with van der Waals surface area (Å²) in [6.45, 7) is 0. The molecule has 0 bridgehead atoms. The van der Waals surface area contributed by atoms with Gasteiger partial charge in [-0.25, -0.2) is 0 Å². The van der Waals surface area contributed by atoms with Gasteiger partial charge in [0.25, 0.3) is 0 Å². The fourth-order valence-corrected chi connectivity index (χ4v) is 1.46. The minimum absolute atomic E-state index is 0.702. The van der Waals surface area contributed by atoms with Crippen LogP contribution in [-0.2, 0) is 6.42 Å². The minimum Gasteiger partial charge on any atom is -0.411 e. The van der Waals surface area contributed by atoms with Crippen LogP contribution >= 0.6 is 0 Å². The summed E-state index contributed by atoms with van der Waals surface area (Å²) in [5.74, 6) is 0. The van der Waals surface area contributed by atoms with E-state index in [0.717, 1.165) is 11.3 Å². The maximum atomic E-state index is 8.42. The highest BCUT2D eigenvalue weighted by Gasteiger charge is 2.05. The standard InChI is InChI=1S/C11H10N2O/c14-13-8-11-7-10-4-2-1-3-9(10)5-6-12-11/h1-6,8,14H,7H2. The van der Waals surface area contributed by atoms with Gasteiger partial charge >= 0.3 is 0 Å². The third-order valence-corrected chi connectivity index (χ3v) is 2.13. The highest BCUT2D eigenvalue weighted by atomic mass is 16.4.